The number of carbonyl (C=O) groups is 1. The molecule has 0 aliphatic carbocycles. The van der Waals surface area contributed by atoms with Gasteiger partial charge in [-0.1, -0.05) is 12.1 Å². The topological polar surface area (TPSA) is 95.0 Å². The van der Waals surface area contributed by atoms with Crippen molar-refractivity contribution in [3.05, 3.63) is 29.8 Å². The number of phenols is 1. The van der Waals surface area contributed by atoms with Crippen LogP contribution < -0.4 is 16.0 Å². The Hall–Kier alpha value is -1.55. The van der Waals surface area contributed by atoms with Crippen LogP contribution in [0.4, 0.5) is 0 Å². The third-order valence-electron chi connectivity index (χ3n) is 4.07. The highest BCUT2D eigenvalue weighted by molar-refractivity contribution is 14.0. The lowest BCUT2D eigenvalue weighted by atomic mass is 10.0. The van der Waals surface area contributed by atoms with Gasteiger partial charge >= 0.3 is 0 Å². The molecular weight excluding hydrogens is 447 g/mol. The summed E-state index contributed by atoms with van der Waals surface area (Å²) < 4.78 is 5.74. The van der Waals surface area contributed by atoms with Gasteiger partial charge in [0.2, 0.25) is 0 Å². The molecule has 0 radical (unpaired) electrons. The zero-order valence-electron chi connectivity index (χ0n) is 15.4. The van der Waals surface area contributed by atoms with Crippen LogP contribution in [0.25, 0.3) is 0 Å². The molecule has 0 spiro atoms. The number of aromatic hydroxyl groups is 1. The molecule has 1 aliphatic heterocycles. The lowest BCUT2D eigenvalue weighted by Gasteiger charge is -2.21. The summed E-state index contributed by atoms with van der Waals surface area (Å²) >= 11 is 0. The highest BCUT2D eigenvalue weighted by Crippen LogP contribution is 2.24. The first-order valence-corrected chi connectivity index (χ1v) is 8.76. The number of ether oxygens (including phenoxy) is 1. The summed E-state index contributed by atoms with van der Waals surface area (Å²) in [7, 11) is 0. The normalized spacial score (nSPS) is 19.5. The van der Waals surface area contributed by atoms with Crippen LogP contribution in [0, 0.1) is 0 Å². The number of carbonyl (C=O) groups excluding carboxylic acids is 1. The number of nitrogens with zero attached hydrogens (tertiary/aromatic N) is 1. The Labute approximate surface area is 172 Å². The van der Waals surface area contributed by atoms with Crippen LogP contribution in [0.5, 0.6) is 5.75 Å². The van der Waals surface area contributed by atoms with E-state index in [1.165, 1.54) is 6.07 Å². The Morgan fingerprint density at radius 1 is 1.27 bits per heavy atom. The van der Waals surface area contributed by atoms with E-state index in [0.717, 1.165) is 26.0 Å². The van der Waals surface area contributed by atoms with Crippen LogP contribution in [0.1, 0.15) is 37.0 Å². The highest BCUT2D eigenvalue weighted by Gasteiger charge is 2.29. The molecule has 1 aromatic rings. The molecule has 1 saturated heterocycles. The molecule has 1 amide bonds. The summed E-state index contributed by atoms with van der Waals surface area (Å²) in [5.41, 5.74) is 0.0934. The summed E-state index contributed by atoms with van der Waals surface area (Å²) in [4.78, 5) is 16.6. The first-order valence-electron chi connectivity index (χ1n) is 8.76. The molecule has 2 rings (SSSR count). The van der Waals surface area contributed by atoms with E-state index in [-0.39, 0.29) is 46.8 Å². The standard InChI is InChI=1S/C18H28N4O3.HI/c1-3-19-17(22-13-18(2)9-6-12-25-18)21-11-10-20-16(24)14-7-4-5-8-15(14)23;/h4-5,7-8,23H,3,6,9-13H2,1-2H3,(H,20,24)(H2,19,21,22);1H. The molecule has 1 atom stereocenters. The molecule has 1 aromatic carbocycles. The molecule has 7 nitrogen and oxygen atoms in total. The molecule has 1 fully saturated rings. The number of amides is 1. The van der Waals surface area contributed by atoms with Crippen molar-refractivity contribution >= 4 is 35.8 Å². The summed E-state index contributed by atoms with van der Waals surface area (Å²) in [6, 6.07) is 6.48. The van der Waals surface area contributed by atoms with E-state index in [4.69, 9.17) is 4.74 Å². The summed E-state index contributed by atoms with van der Waals surface area (Å²) in [6.45, 7) is 7.20. The SMILES string of the molecule is CCNC(=NCC1(C)CCCO1)NCCNC(=O)c1ccccc1O.I. The summed E-state index contributed by atoms with van der Waals surface area (Å²) in [5, 5.41) is 18.8. The van der Waals surface area contributed by atoms with E-state index in [0.29, 0.717) is 25.6 Å². The molecule has 146 valence electrons. The van der Waals surface area contributed by atoms with Crippen LogP contribution in [0.3, 0.4) is 0 Å². The van der Waals surface area contributed by atoms with Crippen molar-refractivity contribution in [2.75, 3.05) is 32.8 Å². The monoisotopic (exact) mass is 476 g/mol. The fourth-order valence-electron chi connectivity index (χ4n) is 2.67. The van der Waals surface area contributed by atoms with Crippen LogP contribution in [0.2, 0.25) is 0 Å². The first kappa shape index (κ1) is 22.5. The molecular formula is C18H29IN4O3. The van der Waals surface area contributed by atoms with E-state index >= 15 is 0 Å². The first-order chi connectivity index (χ1) is 12.0. The highest BCUT2D eigenvalue weighted by atomic mass is 127. The van der Waals surface area contributed by atoms with E-state index in [9.17, 15) is 9.90 Å². The van der Waals surface area contributed by atoms with Crippen molar-refractivity contribution < 1.29 is 14.6 Å². The van der Waals surface area contributed by atoms with Crippen LogP contribution >= 0.6 is 24.0 Å². The van der Waals surface area contributed by atoms with Gasteiger partial charge in [-0.15, -0.1) is 24.0 Å². The molecule has 0 aromatic heterocycles. The van der Waals surface area contributed by atoms with Gasteiger partial charge in [0.1, 0.15) is 5.75 Å². The Morgan fingerprint density at radius 2 is 2.00 bits per heavy atom. The number of nitrogens with one attached hydrogen (secondary N) is 3. The molecule has 8 heteroatoms. The average Bonchev–Trinajstić information content (AvgIpc) is 3.03. The fraction of sp³-hybridized carbons (Fsp3) is 0.556. The predicted molar refractivity (Wildman–Crippen MR) is 113 cm³/mol. The van der Waals surface area contributed by atoms with Crippen molar-refractivity contribution in [1.29, 1.82) is 0 Å². The van der Waals surface area contributed by atoms with Gasteiger partial charge in [0, 0.05) is 26.2 Å². The molecule has 26 heavy (non-hydrogen) atoms. The minimum atomic E-state index is -0.297. The molecule has 0 bridgehead atoms. The van der Waals surface area contributed by atoms with E-state index in [1.807, 2.05) is 6.92 Å². The van der Waals surface area contributed by atoms with Gasteiger partial charge in [-0.05, 0) is 38.8 Å². The second kappa shape index (κ2) is 11.2. The third kappa shape index (κ3) is 6.99. The Kier molecular flexibility index (Phi) is 9.71. The number of aliphatic imine (C=N–C) groups is 1. The van der Waals surface area contributed by atoms with Gasteiger partial charge in [-0.2, -0.15) is 0 Å². The summed E-state index contributed by atoms with van der Waals surface area (Å²) in [6.07, 6.45) is 2.10. The third-order valence-corrected chi connectivity index (χ3v) is 4.07. The summed E-state index contributed by atoms with van der Waals surface area (Å²) in [5.74, 6) is 0.386. The smallest absolute Gasteiger partial charge is 0.255 e. The molecule has 0 saturated carbocycles. The van der Waals surface area contributed by atoms with Crippen molar-refractivity contribution in [2.24, 2.45) is 4.99 Å². The maximum absolute atomic E-state index is 12.0. The quantitative estimate of drug-likeness (QED) is 0.209. The van der Waals surface area contributed by atoms with Crippen LogP contribution in [-0.2, 0) is 4.74 Å². The number of benzene rings is 1. The van der Waals surface area contributed by atoms with Crippen LogP contribution in [-0.4, -0.2) is 55.4 Å². The van der Waals surface area contributed by atoms with Crippen molar-refractivity contribution in [3.63, 3.8) is 0 Å². The van der Waals surface area contributed by atoms with Crippen LogP contribution in [0.15, 0.2) is 29.3 Å². The minimum Gasteiger partial charge on any atom is -0.507 e. The molecule has 1 aliphatic rings. The van der Waals surface area contributed by atoms with Gasteiger partial charge < -0.3 is 25.8 Å². The zero-order valence-corrected chi connectivity index (χ0v) is 17.7. The van der Waals surface area contributed by atoms with Gasteiger partial charge in [-0.3, -0.25) is 9.79 Å². The van der Waals surface area contributed by atoms with E-state index < -0.39 is 0 Å². The Balaban J connectivity index is 0.00000338. The van der Waals surface area contributed by atoms with E-state index in [2.05, 4.69) is 27.9 Å². The molecule has 1 unspecified atom stereocenters. The number of para-hydroxylation sites is 1. The van der Waals surface area contributed by atoms with Gasteiger partial charge in [0.05, 0.1) is 17.7 Å². The number of halogens is 1. The average molecular weight is 476 g/mol. The number of rotatable bonds is 7. The van der Waals surface area contributed by atoms with Crippen molar-refractivity contribution in [3.8, 4) is 5.75 Å². The lowest BCUT2D eigenvalue weighted by molar-refractivity contribution is 0.0283. The zero-order chi connectivity index (χ0) is 18.1. The van der Waals surface area contributed by atoms with Gasteiger partial charge in [0.25, 0.3) is 5.91 Å². The van der Waals surface area contributed by atoms with Gasteiger partial charge in [0.15, 0.2) is 5.96 Å². The Bertz CT molecular complexity index is 604. The largest absolute Gasteiger partial charge is 0.507 e. The van der Waals surface area contributed by atoms with Gasteiger partial charge in [-0.25, -0.2) is 0 Å². The predicted octanol–water partition coefficient (Wildman–Crippen LogP) is 1.86. The van der Waals surface area contributed by atoms with Crippen molar-refractivity contribution in [2.45, 2.75) is 32.3 Å². The maximum atomic E-state index is 12.0. The fourth-order valence-corrected chi connectivity index (χ4v) is 2.67. The second-order valence-electron chi connectivity index (χ2n) is 6.30. The van der Waals surface area contributed by atoms with Crippen molar-refractivity contribution in [1.82, 2.24) is 16.0 Å². The lowest BCUT2D eigenvalue weighted by Crippen LogP contribution is -2.42. The maximum Gasteiger partial charge on any atom is 0.255 e. The number of hydrogen-bond acceptors (Lipinski definition) is 4. The Morgan fingerprint density at radius 3 is 2.65 bits per heavy atom. The number of phenolic OH excluding ortho intramolecular Hbond substituents is 1. The second-order valence-corrected chi connectivity index (χ2v) is 6.30. The minimum absolute atomic E-state index is 0. The number of guanidine groups is 1. The van der Waals surface area contributed by atoms with E-state index in [1.54, 1.807) is 18.2 Å². The molecule has 1 heterocycles. The number of hydrogen-bond donors (Lipinski definition) is 4. The molecule has 4 N–H and O–H groups in total.